The molecule has 0 saturated heterocycles. The van der Waals surface area contributed by atoms with Crippen molar-refractivity contribution < 1.29 is 32.9 Å². The smallest absolute Gasteiger partial charge is 0.351 e. The summed E-state index contributed by atoms with van der Waals surface area (Å²) in [6.45, 7) is 4.47. The minimum absolute atomic E-state index is 0.179. The molecule has 2 aromatic rings. The van der Waals surface area contributed by atoms with Crippen LogP contribution in [0.15, 0.2) is 42.5 Å². The van der Waals surface area contributed by atoms with Crippen molar-refractivity contribution >= 4 is 11.9 Å². The molecule has 0 saturated carbocycles. The minimum Gasteiger partial charge on any atom is -0.490 e. The van der Waals surface area contributed by atoms with E-state index in [1.54, 1.807) is 6.07 Å². The lowest BCUT2D eigenvalue weighted by Gasteiger charge is -2.17. The fourth-order valence-electron chi connectivity index (χ4n) is 2.35. The first-order chi connectivity index (χ1) is 13.0. The van der Waals surface area contributed by atoms with Gasteiger partial charge >= 0.3 is 11.9 Å². The molecule has 0 bridgehead atoms. The standard InChI is InChI=1S/C20H21FO6/c1-4-25-16-11-8-14(12-17(16)26-5-2)19(22)27-18(20(23)24-3)13-6-9-15(21)10-7-13/h6-12,18H,4-5H2,1-3H3. The molecule has 1 atom stereocenters. The third-order valence-corrected chi connectivity index (χ3v) is 3.59. The zero-order valence-corrected chi connectivity index (χ0v) is 15.4. The highest BCUT2D eigenvalue weighted by atomic mass is 19.1. The molecule has 7 heteroatoms. The zero-order valence-electron chi connectivity index (χ0n) is 15.4. The summed E-state index contributed by atoms with van der Waals surface area (Å²) >= 11 is 0. The van der Waals surface area contributed by atoms with E-state index in [9.17, 15) is 14.0 Å². The van der Waals surface area contributed by atoms with Gasteiger partial charge in [0.15, 0.2) is 11.5 Å². The number of rotatable bonds is 8. The van der Waals surface area contributed by atoms with Gasteiger partial charge < -0.3 is 18.9 Å². The van der Waals surface area contributed by atoms with Gasteiger partial charge in [-0.2, -0.15) is 0 Å². The van der Waals surface area contributed by atoms with Crippen LogP contribution in [0.3, 0.4) is 0 Å². The quantitative estimate of drug-likeness (QED) is 0.655. The molecule has 0 amide bonds. The first kappa shape index (κ1) is 20.2. The van der Waals surface area contributed by atoms with Crippen molar-refractivity contribution in [3.8, 4) is 11.5 Å². The van der Waals surface area contributed by atoms with Crippen LogP contribution in [0.2, 0.25) is 0 Å². The number of carbonyl (C=O) groups is 2. The highest BCUT2D eigenvalue weighted by molar-refractivity contribution is 5.92. The van der Waals surface area contributed by atoms with Gasteiger partial charge in [0.05, 0.1) is 25.9 Å². The molecule has 2 rings (SSSR count). The lowest BCUT2D eigenvalue weighted by atomic mass is 10.1. The van der Waals surface area contributed by atoms with Gasteiger partial charge in [0.2, 0.25) is 6.10 Å². The number of hydrogen-bond donors (Lipinski definition) is 0. The monoisotopic (exact) mass is 376 g/mol. The molecule has 27 heavy (non-hydrogen) atoms. The van der Waals surface area contributed by atoms with E-state index < -0.39 is 23.9 Å². The summed E-state index contributed by atoms with van der Waals surface area (Å²) in [4.78, 5) is 24.6. The van der Waals surface area contributed by atoms with Crippen molar-refractivity contribution in [2.75, 3.05) is 20.3 Å². The van der Waals surface area contributed by atoms with E-state index in [4.69, 9.17) is 18.9 Å². The molecule has 0 fully saturated rings. The van der Waals surface area contributed by atoms with Crippen LogP contribution in [0.4, 0.5) is 4.39 Å². The Labute approximate surface area is 156 Å². The Kier molecular flexibility index (Phi) is 7.16. The Balaban J connectivity index is 2.27. The van der Waals surface area contributed by atoms with E-state index >= 15 is 0 Å². The van der Waals surface area contributed by atoms with Crippen LogP contribution in [-0.2, 0) is 14.3 Å². The highest BCUT2D eigenvalue weighted by Crippen LogP contribution is 2.30. The molecular formula is C20H21FO6. The second-order valence-corrected chi connectivity index (χ2v) is 5.39. The van der Waals surface area contributed by atoms with E-state index in [2.05, 4.69) is 0 Å². The van der Waals surface area contributed by atoms with Crippen LogP contribution in [0, 0.1) is 5.82 Å². The van der Waals surface area contributed by atoms with Crippen LogP contribution < -0.4 is 9.47 Å². The average Bonchev–Trinajstić information content (AvgIpc) is 2.68. The summed E-state index contributed by atoms with van der Waals surface area (Å²) in [5.74, 6) is -1.10. The average molecular weight is 376 g/mol. The maximum absolute atomic E-state index is 13.1. The van der Waals surface area contributed by atoms with Gasteiger partial charge in [-0.05, 0) is 44.2 Å². The van der Waals surface area contributed by atoms with E-state index in [0.717, 1.165) is 0 Å². The van der Waals surface area contributed by atoms with Crippen molar-refractivity contribution in [3.63, 3.8) is 0 Å². The number of ether oxygens (including phenoxy) is 4. The number of halogens is 1. The van der Waals surface area contributed by atoms with Crippen molar-refractivity contribution in [3.05, 3.63) is 59.4 Å². The molecule has 0 aliphatic heterocycles. The largest absolute Gasteiger partial charge is 0.490 e. The summed E-state index contributed by atoms with van der Waals surface area (Å²) in [5, 5.41) is 0. The van der Waals surface area contributed by atoms with Gasteiger partial charge in [0.25, 0.3) is 0 Å². The van der Waals surface area contributed by atoms with Crippen molar-refractivity contribution in [1.29, 1.82) is 0 Å². The normalized spacial score (nSPS) is 11.4. The Hall–Kier alpha value is -3.09. The third-order valence-electron chi connectivity index (χ3n) is 3.59. The predicted molar refractivity (Wildman–Crippen MR) is 95.4 cm³/mol. The summed E-state index contributed by atoms with van der Waals surface area (Å²) in [7, 11) is 1.18. The molecule has 0 radical (unpaired) electrons. The minimum atomic E-state index is -1.31. The SMILES string of the molecule is CCOc1ccc(C(=O)OC(C(=O)OC)c2ccc(F)cc2)cc1OCC. The number of benzene rings is 2. The highest BCUT2D eigenvalue weighted by Gasteiger charge is 2.27. The molecule has 2 aromatic carbocycles. The van der Waals surface area contributed by atoms with Crippen LogP contribution in [0.25, 0.3) is 0 Å². The fraction of sp³-hybridized carbons (Fsp3) is 0.300. The topological polar surface area (TPSA) is 71.1 Å². The summed E-state index contributed by atoms with van der Waals surface area (Å²) in [6, 6.07) is 9.63. The first-order valence-electron chi connectivity index (χ1n) is 8.44. The second kappa shape index (κ2) is 9.56. The van der Waals surface area contributed by atoms with E-state index in [0.29, 0.717) is 30.3 Å². The zero-order chi connectivity index (χ0) is 19.8. The number of hydrogen-bond acceptors (Lipinski definition) is 6. The maximum atomic E-state index is 13.1. The van der Waals surface area contributed by atoms with Gasteiger partial charge in [0.1, 0.15) is 5.82 Å². The number of carbonyl (C=O) groups excluding carboxylic acids is 2. The molecule has 6 nitrogen and oxygen atoms in total. The van der Waals surface area contributed by atoms with Gasteiger partial charge in [-0.25, -0.2) is 14.0 Å². The van der Waals surface area contributed by atoms with E-state index in [-0.39, 0.29) is 5.56 Å². The molecule has 0 aliphatic rings. The van der Waals surface area contributed by atoms with Crippen molar-refractivity contribution in [2.24, 2.45) is 0 Å². The Morgan fingerprint density at radius 3 is 2.19 bits per heavy atom. The second-order valence-electron chi connectivity index (χ2n) is 5.39. The Bertz CT molecular complexity index is 788. The molecule has 1 unspecified atom stereocenters. The number of esters is 2. The predicted octanol–water partition coefficient (Wildman–Crippen LogP) is 3.69. The summed E-state index contributed by atoms with van der Waals surface area (Å²) in [6.07, 6.45) is -1.31. The van der Waals surface area contributed by atoms with Gasteiger partial charge in [0, 0.05) is 5.56 Å². The third kappa shape index (κ3) is 5.20. The van der Waals surface area contributed by atoms with Crippen LogP contribution >= 0.6 is 0 Å². The first-order valence-corrected chi connectivity index (χ1v) is 8.44. The summed E-state index contributed by atoms with van der Waals surface area (Å²) < 4.78 is 34.1. The Morgan fingerprint density at radius 2 is 1.59 bits per heavy atom. The fourth-order valence-corrected chi connectivity index (χ4v) is 2.35. The van der Waals surface area contributed by atoms with E-state index in [1.807, 2.05) is 13.8 Å². The molecule has 144 valence electrons. The van der Waals surface area contributed by atoms with Crippen LogP contribution in [-0.4, -0.2) is 32.3 Å². The molecule has 0 aliphatic carbocycles. The van der Waals surface area contributed by atoms with Gasteiger partial charge in [-0.3, -0.25) is 0 Å². The molecule has 0 N–H and O–H groups in total. The number of methoxy groups -OCH3 is 1. The molecule has 0 spiro atoms. The Morgan fingerprint density at radius 1 is 0.963 bits per heavy atom. The molecule has 0 aromatic heterocycles. The summed E-state index contributed by atoms with van der Waals surface area (Å²) in [5.41, 5.74) is 0.477. The molecule has 0 heterocycles. The van der Waals surface area contributed by atoms with E-state index in [1.165, 1.54) is 43.5 Å². The van der Waals surface area contributed by atoms with Gasteiger partial charge in [-0.15, -0.1) is 0 Å². The molecular weight excluding hydrogens is 355 g/mol. The van der Waals surface area contributed by atoms with Crippen LogP contribution in [0.5, 0.6) is 11.5 Å². The lowest BCUT2D eigenvalue weighted by Crippen LogP contribution is -2.21. The van der Waals surface area contributed by atoms with Crippen molar-refractivity contribution in [2.45, 2.75) is 20.0 Å². The van der Waals surface area contributed by atoms with Crippen molar-refractivity contribution in [1.82, 2.24) is 0 Å². The maximum Gasteiger partial charge on any atom is 0.351 e. The lowest BCUT2D eigenvalue weighted by molar-refractivity contribution is -0.151. The van der Waals surface area contributed by atoms with Gasteiger partial charge in [-0.1, -0.05) is 12.1 Å². The van der Waals surface area contributed by atoms with Crippen LogP contribution in [0.1, 0.15) is 35.9 Å².